The van der Waals surface area contributed by atoms with Crippen molar-refractivity contribution in [2.24, 2.45) is 4.40 Å². The van der Waals surface area contributed by atoms with Crippen molar-refractivity contribution in [1.29, 1.82) is 0 Å². The van der Waals surface area contributed by atoms with Crippen molar-refractivity contribution in [2.45, 2.75) is 6.92 Å². The maximum absolute atomic E-state index is 10.9. The Hall–Kier alpha value is -0.360. The fourth-order valence-corrected chi connectivity index (χ4v) is 1.39. The van der Waals surface area contributed by atoms with Crippen LogP contribution in [-0.4, -0.2) is 12.0 Å². The van der Waals surface area contributed by atoms with Gasteiger partial charge in [0.15, 0.2) is 5.78 Å². The first-order chi connectivity index (χ1) is 6.24. The largest absolute Gasteiger partial charge is 0.295 e. The molecule has 1 aromatic carbocycles. The van der Waals surface area contributed by atoms with Crippen LogP contribution in [-0.2, 0) is 0 Å². The molecule has 0 N–H and O–H groups in total. The van der Waals surface area contributed by atoms with Crippen LogP contribution in [0.3, 0.4) is 0 Å². The minimum atomic E-state index is 0.0896. The Morgan fingerprint density at radius 2 is 2.08 bits per heavy atom. The lowest BCUT2D eigenvalue weighted by atomic mass is 10.1. The summed E-state index contributed by atoms with van der Waals surface area (Å²) in [7, 11) is 1.38. The van der Waals surface area contributed by atoms with E-state index in [4.69, 9.17) is 0 Å². The molecule has 0 aliphatic carbocycles. The summed E-state index contributed by atoms with van der Waals surface area (Å²) in [6, 6.07) is 7.38. The average molecular weight is 305 g/mol. The number of Topliss-reactive ketones (excluding diaryl/α,β-unsaturated/α-hetero) is 1. The molecule has 0 fully saturated rings. The molecule has 0 amide bonds. The van der Waals surface area contributed by atoms with Gasteiger partial charge < -0.3 is 0 Å². The summed E-state index contributed by atoms with van der Waals surface area (Å²) in [5.74, 6) is 0.0896. The number of hydrogen-bond acceptors (Lipinski definition) is 3. The van der Waals surface area contributed by atoms with E-state index in [9.17, 15) is 4.79 Å². The Kier molecular flexibility index (Phi) is 4.44. The predicted molar refractivity (Wildman–Crippen MR) is 65.7 cm³/mol. The number of carbonyl (C=O) groups excluding carboxylic acids is 1. The number of hydrogen-bond donors (Lipinski definition) is 0. The van der Waals surface area contributed by atoms with Crippen LogP contribution in [0, 0.1) is 0 Å². The van der Waals surface area contributed by atoms with Crippen LogP contribution in [0.25, 0.3) is 0 Å². The fourth-order valence-electron chi connectivity index (χ4n) is 0.885. The van der Waals surface area contributed by atoms with Gasteiger partial charge in [-0.15, -0.1) is 0 Å². The molecule has 4 heteroatoms. The van der Waals surface area contributed by atoms with E-state index in [2.05, 4.69) is 25.6 Å². The van der Waals surface area contributed by atoms with Crippen LogP contribution in [0.1, 0.15) is 22.8 Å². The Morgan fingerprint density at radius 1 is 1.46 bits per heavy atom. The van der Waals surface area contributed by atoms with Crippen molar-refractivity contribution >= 4 is 42.3 Å². The van der Waals surface area contributed by atoms with Crippen molar-refractivity contribution in [3.63, 3.8) is 0 Å². The molecule has 68 valence electrons. The molecule has 0 saturated heterocycles. The second-order valence-electron chi connectivity index (χ2n) is 2.48. The standard InChI is InChI=1S/C9H8INOS/c1-7(12)9-4-2-8(3-5-9)6-11-13-10/h2-6H,1H3. The van der Waals surface area contributed by atoms with Gasteiger partial charge >= 0.3 is 0 Å². The maximum Gasteiger partial charge on any atom is 0.159 e. The second kappa shape index (κ2) is 5.39. The summed E-state index contributed by atoms with van der Waals surface area (Å²) >= 11 is 2.10. The smallest absolute Gasteiger partial charge is 0.159 e. The third kappa shape index (κ3) is 3.48. The summed E-state index contributed by atoms with van der Waals surface area (Å²) < 4.78 is 4.01. The number of halogens is 1. The van der Waals surface area contributed by atoms with E-state index in [1.807, 2.05) is 24.3 Å². The van der Waals surface area contributed by atoms with Crippen molar-refractivity contribution in [1.82, 2.24) is 0 Å². The summed E-state index contributed by atoms with van der Waals surface area (Å²) in [4.78, 5) is 10.9. The fraction of sp³-hybridized carbons (Fsp3) is 0.111. The first-order valence-electron chi connectivity index (χ1n) is 3.66. The first-order valence-corrected chi connectivity index (χ1v) is 6.98. The maximum atomic E-state index is 10.9. The van der Waals surface area contributed by atoms with Crippen LogP contribution < -0.4 is 0 Å². The minimum Gasteiger partial charge on any atom is -0.295 e. The summed E-state index contributed by atoms with van der Waals surface area (Å²) in [6.07, 6.45) is 1.76. The van der Waals surface area contributed by atoms with Gasteiger partial charge in [-0.25, -0.2) is 4.40 Å². The summed E-state index contributed by atoms with van der Waals surface area (Å²) in [5, 5.41) is 0. The Labute approximate surface area is 93.6 Å². The van der Waals surface area contributed by atoms with E-state index in [0.29, 0.717) is 0 Å². The zero-order valence-corrected chi connectivity index (χ0v) is 10.0. The predicted octanol–water partition coefficient (Wildman–Crippen LogP) is 3.31. The third-order valence-corrected chi connectivity index (χ3v) is 2.43. The van der Waals surface area contributed by atoms with Gasteiger partial charge in [0.1, 0.15) is 0 Å². The van der Waals surface area contributed by atoms with E-state index >= 15 is 0 Å². The highest BCUT2D eigenvalue weighted by molar-refractivity contribution is 14.2. The van der Waals surface area contributed by atoms with Gasteiger partial charge in [0.2, 0.25) is 0 Å². The highest BCUT2D eigenvalue weighted by Gasteiger charge is 1.96. The zero-order chi connectivity index (χ0) is 9.68. The summed E-state index contributed by atoms with van der Waals surface area (Å²) in [6.45, 7) is 1.56. The van der Waals surface area contributed by atoms with Gasteiger partial charge in [0.25, 0.3) is 0 Å². The van der Waals surface area contributed by atoms with Gasteiger partial charge in [0, 0.05) is 42.1 Å². The molecule has 2 nitrogen and oxygen atoms in total. The first kappa shape index (κ1) is 10.7. The molecule has 0 saturated carbocycles. The highest BCUT2D eigenvalue weighted by Crippen LogP contribution is 2.12. The number of benzene rings is 1. The molecule has 13 heavy (non-hydrogen) atoms. The molecule has 0 aliphatic rings. The SMILES string of the molecule is CC(=O)c1ccc(C=NSI)cc1. The van der Waals surface area contributed by atoms with Crippen LogP contribution >= 0.6 is 30.3 Å². The molecule has 1 aromatic rings. The Morgan fingerprint density at radius 3 is 2.54 bits per heavy atom. The molecular formula is C9H8INOS. The Bertz CT molecular complexity index is 321. The lowest BCUT2D eigenvalue weighted by Gasteiger charge is -1.95. The van der Waals surface area contributed by atoms with Crippen molar-refractivity contribution in [3.8, 4) is 0 Å². The quantitative estimate of drug-likeness (QED) is 0.371. The highest BCUT2D eigenvalue weighted by atomic mass is 127. The molecule has 0 atom stereocenters. The molecule has 0 bridgehead atoms. The molecule has 0 unspecified atom stereocenters. The van der Waals surface area contributed by atoms with Gasteiger partial charge in [-0.2, -0.15) is 0 Å². The molecule has 0 heterocycles. The number of carbonyl (C=O) groups is 1. The van der Waals surface area contributed by atoms with E-state index < -0.39 is 0 Å². The molecule has 0 spiro atoms. The zero-order valence-electron chi connectivity index (χ0n) is 7.03. The number of rotatable bonds is 3. The van der Waals surface area contributed by atoms with Crippen LogP contribution in [0.15, 0.2) is 28.7 Å². The van der Waals surface area contributed by atoms with Crippen molar-refractivity contribution < 1.29 is 4.79 Å². The minimum absolute atomic E-state index is 0.0896. The number of nitrogens with zero attached hydrogens (tertiary/aromatic N) is 1. The number of ketones is 1. The van der Waals surface area contributed by atoms with E-state index in [1.54, 1.807) is 13.1 Å². The lowest BCUT2D eigenvalue weighted by Crippen LogP contribution is -1.91. The van der Waals surface area contributed by atoms with E-state index in [1.165, 1.54) is 9.12 Å². The molecule has 0 aliphatic heterocycles. The van der Waals surface area contributed by atoms with Gasteiger partial charge in [-0.05, 0) is 12.5 Å². The third-order valence-electron chi connectivity index (χ3n) is 1.56. The van der Waals surface area contributed by atoms with Crippen molar-refractivity contribution in [3.05, 3.63) is 35.4 Å². The normalized spacial score (nSPS) is 10.6. The topological polar surface area (TPSA) is 29.4 Å². The average Bonchev–Trinajstić information content (AvgIpc) is 2.15. The lowest BCUT2D eigenvalue weighted by molar-refractivity contribution is 0.101. The van der Waals surface area contributed by atoms with Gasteiger partial charge in [-0.1, -0.05) is 24.3 Å². The molecule has 0 radical (unpaired) electrons. The van der Waals surface area contributed by atoms with Crippen LogP contribution in [0.4, 0.5) is 0 Å². The molecule has 0 aromatic heterocycles. The van der Waals surface area contributed by atoms with Gasteiger partial charge in [0.05, 0.1) is 0 Å². The van der Waals surface area contributed by atoms with Crippen molar-refractivity contribution in [2.75, 3.05) is 0 Å². The second-order valence-corrected chi connectivity index (χ2v) is 4.01. The van der Waals surface area contributed by atoms with Gasteiger partial charge in [-0.3, -0.25) is 4.79 Å². The molecular weight excluding hydrogens is 297 g/mol. The van der Waals surface area contributed by atoms with Crippen LogP contribution in [0.5, 0.6) is 0 Å². The van der Waals surface area contributed by atoms with E-state index in [-0.39, 0.29) is 5.78 Å². The van der Waals surface area contributed by atoms with Crippen LogP contribution in [0.2, 0.25) is 0 Å². The summed E-state index contributed by atoms with van der Waals surface area (Å²) in [5.41, 5.74) is 1.74. The monoisotopic (exact) mass is 305 g/mol. The molecule has 1 rings (SSSR count). The van der Waals surface area contributed by atoms with E-state index in [0.717, 1.165) is 11.1 Å². The Balaban J connectivity index is 2.81.